The van der Waals surface area contributed by atoms with E-state index in [1.54, 1.807) is 11.3 Å². The minimum Gasteiger partial charge on any atom is -0.479 e. The first-order valence-corrected chi connectivity index (χ1v) is 7.18. The maximum Gasteiger partial charge on any atom is 0.332 e. The largest absolute Gasteiger partial charge is 0.479 e. The summed E-state index contributed by atoms with van der Waals surface area (Å²) in [6, 6.07) is 5.91. The van der Waals surface area contributed by atoms with Crippen molar-refractivity contribution in [2.45, 2.75) is 25.0 Å². The monoisotopic (exact) mass is 327 g/mol. The van der Waals surface area contributed by atoms with Crippen LogP contribution in [0.3, 0.4) is 0 Å². The highest BCUT2D eigenvalue weighted by atomic mass is 79.9. The maximum absolute atomic E-state index is 10.8. The van der Waals surface area contributed by atoms with Gasteiger partial charge in [0, 0.05) is 4.47 Å². The summed E-state index contributed by atoms with van der Waals surface area (Å²) < 4.78 is 7.61. The van der Waals surface area contributed by atoms with Gasteiger partial charge in [0.2, 0.25) is 0 Å². The van der Waals surface area contributed by atoms with Crippen molar-refractivity contribution in [3.63, 3.8) is 0 Å². The van der Waals surface area contributed by atoms with Crippen LogP contribution in [0.2, 0.25) is 0 Å². The minimum atomic E-state index is -0.888. The number of ether oxygens (including phenoxy) is 1. The van der Waals surface area contributed by atoms with Crippen LogP contribution < -0.4 is 0 Å². The molecule has 94 valence electrons. The molecule has 0 saturated carbocycles. The Hall–Kier alpha value is -0.980. The van der Waals surface area contributed by atoms with Crippen LogP contribution in [0.1, 0.15) is 24.0 Å². The number of fused-ring (bicyclic) bond motifs is 1. The van der Waals surface area contributed by atoms with E-state index in [0.717, 1.165) is 26.1 Å². The van der Waals surface area contributed by atoms with Crippen molar-refractivity contribution in [3.05, 3.63) is 27.7 Å². The second kappa shape index (κ2) is 4.60. The summed E-state index contributed by atoms with van der Waals surface area (Å²) in [5.41, 5.74) is 0.931. The molecule has 1 fully saturated rings. The number of carboxylic acid groups (broad SMARTS) is 1. The van der Waals surface area contributed by atoms with E-state index in [1.807, 2.05) is 18.2 Å². The molecule has 0 spiro atoms. The smallest absolute Gasteiger partial charge is 0.332 e. The molecule has 0 amide bonds. The van der Waals surface area contributed by atoms with Crippen LogP contribution in [-0.4, -0.2) is 22.2 Å². The lowest BCUT2D eigenvalue weighted by molar-refractivity contribution is -0.149. The van der Waals surface area contributed by atoms with E-state index in [9.17, 15) is 4.79 Å². The number of halogens is 1. The Morgan fingerprint density at radius 3 is 3.06 bits per heavy atom. The first-order valence-electron chi connectivity index (χ1n) is 5.58. The molecule has 3 rings (SSSR count). The first-order chi connectivity index (χ1) is 8.63. The summed E-state index contributed by atoms with van der Waals surface area (Å²) in [6.45, 7) is 0. The molecule has 1 N–H and O–H groups in total. The van der Waals surface area contributed by atoms with E-state index in [2.05, 4.69) is 20.9 Å². The van der Waals surface area contributed by atoms with Gasteiger partial charge in [-0.1, -0.05) is 15.9 Å². The summed E-state index contributed by atoms with van der Waals surface area (Å²) in [7, 11) is 0. The molecule has 2 unspecified atom stereocenters. The van der Waals surface area contributed by atoms with E-state index >= 15 is 0 Å². The molecule has 0 aliphatic carbocycles. The average molecular weight is 328 g/mol. The molecule has 2 heterocycles. The zero-order valence-electron chi connectivity index (χ0n) is 9.30. The lowest BCUT2D eigenvalue weighted by Crippen LogP contribution is -2.18. The van der Waals surface area contributed by atoms with Crippen LogP contribution in [0.15, 0.2) is 22.7 Å². The SMILES string of the molecule is O=C(O)C1CCC(c2nc3ccc(Br)cc3s2)O1. The first kappa shape index (κ1) is 12.1. The van der Waals surface area contributed by atoms with Crippen molar-refractivity contribution in [1.82, 2.24) is 4.98 Å². The van der Waals surface area contributed by atoms with Gasteiger partial charge in [0.05, 0.1) is 10.2 Å². The predicted molar refractivity (Wildman–Crippen MR) is 71.8 cm³/mol. The van der Waals surface area contributed by atoms with Crippen molar-refractivity contribution in [2.75, 3.05) is 0 Å². The number of carbonyl (C=O) groups is 1. The molecule has 1 aromatic carbocycles. The fourth-order valence-corrected chi connectivity index (χ4v) is 3.65. The molecule has 4 nitrogen and oxygen atoms in total. The predicted octanol–water partition coefficient (Wildman–Crippen LogP) is 3.36. The lowest BCUT2D eigenvalue weighted by atomic mass is 10.2. The summed E-state index contributed by atoms with van der Waals surface area (Å²) in [6.07, 6.45) is 0.411. The Morgan fingerprint density at radius 1 is 1.50 bits per heavy atom. The second-order valence-corrected chi connectivity index (χ2v) is 6.17. The van der Waals surface area contributed by atoms with Crippen LogP contribution in [0.25, 0.3) is 10.2 Å². The van der Waals surface area contributed by atoms with Crippen LogP contribution in [-0.2, 0) is 9.53 Å². The standard InChI is InChI=1S/C12H10BrNO3S/c13-6-1-2-7-10(5-6)18-11(14-7)8-3-4-9(17-8)12(15)16/h1-2,5,8-9H,3-4H2,(H,15,16). The number of nitrogens with zero attached hydrogens (tertiary/aromatic N) is 1. The Labute approximate surface area is 116 Å². The van der Waals surface area contributed by atoms with Crippen molar-refractivity contribution in [2.24, 2.45) is 0 Å². The maximum atomic E-state index is 10.8. The van der Waals surface area contributed by atoms with Gasteiger partial charge in [-0.2, -0.15) is 0 Å². The third-order valence-corrected chi connectivity index (χ3v) is 4.54. The molecule has 18 heavy (non-hydrogen) atoms. The Bertz CT molecular complexity index is 612. The fourth-order valence-electron chi connectivity index (χ4n) is 2.05. The molecule has 2 atom stereocenters. The van der Waals surface area contributed by atoms with Crippen LogP contribution in [0.4, 0.5) is 0 Å². The summed E-state index contributed by atoms with van der Waals surface area (Å²) >= 11 is 4.99. The molecular formula is C12H10BrNO3S. The number of aromatic nitrogens is 1. The Morgan fingerprint density at radius 2 is 2.33 bits per heavy atom. The summed E-state index contributed by atoms with van der Waals surface area (Å²) in [4.78, 5) is 15.4. The molecule has 2 aromatic rings. The van der Waals surface area contributed by atoms with Crippen LogP contribution in [0, 0.1) is 0 Å². The van der Waals surface area contributed by atoms with E-state index in [0.29, 0.717) is 6.42 Å². The molecular weight excluding hydrogens is 318 g/mol. The topological polar surface area (TPSA) is 59.4 Å². The molecule has 0 radical (unpaired) electrons. The van der Waals surface area contributed by atoms with Gasteiger partial charge in [-0.3, -0.25) is 0 Å². The number of aliphatic carboxylic acids is 1. The molecule has 1 aliphatic heterocycles. The van der Waals surface area contributed by atoms with E-state index in [1.165, 1.54) is 0 Å². The van der Waals surface area contributed by atoms with Gasteiger partial charge >= 0.3 is 5.97 Å². The molecule has 1 aromatic heterocycles. The quantitative estimate of drug-likeness (QED) is 0.918. The minimum absolute atomic E-state index is 0.178. The average Bonchev–Trinajstić information content (AvgIpc) is 2.93. The highest BCUT2D eigenvalue weighted by molar-refractivity contribution is 9.10. The summed E-state index contributed by atoms with van der Waals surface area (Å²) in [5.74, 6) is -0.888. The highest BCUT2D eigenvalue weighted by Crippen LogP contribution is 2.37. The zero-order valence-corrected chi connectivity index (χ0v) is 11.7. The van der Waals surface area contributed by atoms with Gasteiger partial charge in [0.1, 0.15) is 11.1 Å². The van der Waals surface area contributed by atoms with Crippen molar-refractivity contribution in [1.29, 1.82) is 0 Å². The van der Waals surface area contributed by atoms with Crippen LogP contribution in [0.5, 0.6) is 0 Å². The van der Waals surface area contributed by atoms with Gasteiger partial charge in [-0.05, 0) is 31.0 Å². The second-order valence-electron chi connectivity index (χ2n) is 4.19. The summed E-state index contributed by atoms with van der Waals surface area (Å²) in [5, 5.41) is 9.77. The third kappa shape index (κ3) is 2.15. The Kier molecular flexibility index (Phi) is 3.09. The molecule has 0 bridgehead atoms. The zero-order chi connectivity index (χ0) is 12.7. The number of rotatable bonds is 2. The van der Waals surface area contributed by atoms with Gasteiger partial charge in [0.15, 0.2) is 6.10 Å². The van der Waals surface area contributed by atoms with Gasteiger partial charge in [0.25, 0.3) is 0 Å². The fraction of sp³-hybridized carbons (Fsp3) is 0.333. The number of hydrogen-bond donors (Lipinski definition) is 1. The number of hydrogen-bond acceptors (Lipinski definition) is 4. The van der Waals surface area contributed by atoms with Gasteiger partial charge < -0.3 is 9.84 Å². The van der Waals surface area contributed by atoms with E-state index < -0.39 is 12.1 Å². The number of thiazole rings is 1. The van der Waals surface area contributed by atoms with Crippen molar-refractivity contribution in [3.8, 4) is 0 Å². The highest BCUT2D eigenvalue weighted by Gasteiger charge is 2.33. The Balaban J connectivity index is 1.89. The molecule has 6 heteroatoms. The number of benzene rings is 1. The molecule has 1 saturated heterocycles. The molecule has 1 aliphatic rings. The van der Waals surface area contributed by atoms with Gasteiger partial charge in [-0.25, -0.2) is 9.78 Å². The van der Waals surface area contributed by atoms with Crippen molar-refractivity contribution < 1.29 is 14.6 Å². The van der Waals surface area contributed by atoms with Gasteiger partial charge in [-0.15, -0.1) is 11.3 Å². The lowest BCUT2D eigenvalue weighted by Gasteiger charge is -2.07. The van der Waals surface area contributed by atoms with E-state index in [4.69, 9.17) is 9.84 Å². The number of carboxylic acids is 1. The normalized spacial score (nSPS) is 23.6. The third-order valence-electron chi connectivity index (χ3n) is 2.94. The van der Waals surface area contributed by atoms with Crippen molar-refractivity contribution >= 4 is 43.5 Å². The van der Waals surface area contributed by atoms with E-state index in [-0.39, 0.29) is 6.10 Å². The van der Waals surface area contributed by atoms with Crippen LogP contribution >= 0.6 is 27.3 Å².